The molecule has 0 fully saturated rings. The van der Waals surface area contributed by atoms with Gasteiger partial charge in [-0.2, -0.15) is 4.99 Å². The lowest BCUT2D eigenvalue weighted by Crippen LogP contribution is -2.17. The average molecular weight is 420 g/mol. The summed E-state index contributed by atoms with van der Waals surface area (Å²) < 4.78 is 54.0. The molecule has 0 unspecified atom stereocenters. The first-order chi connectivity index (χ1) is 13.3. The van der Waals surface area contributed by atoms with Gasteiger partial charge in [-0.05, 0) is 18.2 Å². The number of hydrogen-bond acceptors (Lipinski definition) is 5. The number of alkyl halides is 4. The predicted octanol–water partition coefficient (Wildman–Crippen LogP) is 3.94. The number of ether oxygens (including phenoxy) is 1. The predicted molar refractivity (Wildman–Crippen MR) is 94.2 cm³/mol. The first kappa shape index (κ1) is 21.4. The van der Waals surface area contributed by atoms with Crippen LogP contribution in [0.15, 0.2) is 35.6 Å². The van der Waals surface area contributed by atoms with Crippen LogP contribution >= 0.6 is 11.6 Å². The number of benzene rings is 1. The number of nitrogens with zero attached hydrogens (tertiary/aromatic N) is 3. The van der Waals surface area contributed by atoms with Gasteiger partial charge in [0.05, 0.1) is 29.7 Å². The molecule has 2 rings (SSSR count). The van der Waals surface area contributed by atoms with Crippen LogP contribution in [0.3, 0.4) is 0 Å². The van der Waals surface area contributed by atoms with Crippen molar-refractivity contribution in [3.63, 3.8) is 0 Å². The summed E-state index contributed by atoms with van der Waals surface area (Å²) in [6, 6.07) is 3.84. The second-order valence-electron chi connectivity index (χ2n) is 5.23. The molecule has 28 heavy (non-hydrogen) atoms. The van der Waals surface area contributed by atoms with E-state index in [1.807, 2.05) is 0 Å². The number of aromatic nitrogens is 2. The Morgan fingerprint density at radius 3 is 2.61 bits per heavy atom. The smallest absolute Gasteiger partial charge is 0.287 e. The number of halogens is 5. The van der Waals surface area contributed by atoms with Crippen LogP contribution in [0.5, 0.6) is 0 Å². The Morgan fingerprint density at radius 1 is 1.25 bits per heavy atom. The van der Waals surface area contributed by atoms with E-state index in [0.717, 1.165) is 12.4 Å². The van der Waals surface area contributed by atoms with Gasteiger partial charge in [0.2, 0.25) is 6.43 Å². The van der Waals surface area contributed by atoms with Crippen LogP contribution in [0.1, 0.15) is 29.0 Å². The van der Waals surface area contributed by atoms with Gasteiger partial charge in [-0.15, -0.1) is 0 Å². The van der Waals surface area contributed by atoms with E-state index in [1.54, 1.807) is 0 Å². The second-order valence-corrected chi connectivity index (χ2v) is 5.63. The van der Waals surface area contributed by atoms with Crippen molar-refractivity contribution in [1.82, 2.24) is 9.97 Å². The highest BCUT2D eigenvalue weighted by Crippen LogP contribution is 2.28. The molecular formula is C16H14ClF4N5O2. The fourth-order valence-corrected chi connectivity index (χ4v) is 2.00. The standard InChI is InChI=1S/C16H14ClF4N5O2/c17-9-2-1-8(5-10(9)26-16(22)28-4-3-13(18)19)25-15(27)12-7-23-11(6-24-12)14(20)21/h1-2,5-7,13-14H,3-4H2,(H2,22,26)(H,25,27). The maximum absolute atomic E-state index is 12.5. The van der Waals surface area contributed by atoms with Crippen LogP contribution in [-0.2, 0) is 4.74 Å². The number of carbonyl (C=O) groups excluding carboxylic acids is 1. The molecule has 0 radical (unpaired) electrons. The Hall–Kier alpha value is -2.95. The third kappa shape index (κ3) is 6.34. The van der Waals surface area contributed by atoms with E-state index < -0.39 is 30.9 Å². The van der Waals surface area contributed by atoms with Crippen molar-refractivity contribution in [2.24, 2.45) is 10.7 Å². The van der Waals surface area contributed by atoms with Gasteiger partial charge >= 0.3 is 0 Å². The van der Waals surface area contributed by atoms with Crippen LogP contribution in [0, 0.1) is 0 Å². The molecule has 150 valence electrons. The zero-order valence-electron chi connectivity index (χ0n) is 14.1. The molecule has 1 heterocycles. The molecular weight excluding hydrogens is 406 g/mol. The lowest BCUT2D eigenvalue weighted by atomic mass is 10.2. The highest BCUT2D eigenvalue weighted by atomic mass is 35.5. The number of carbonyl (C=O) groups is 1. The highest BCUT2D eigenvalue weighted by molar-refractivity contribution is 6.33. The van der Waals surface area contributed by atoms with E-state index in [2.05, 4.69) is 20.3 Å². The Balaban J connectivity index is 2.08. The maximum atomic E-state index is 12.5. The molecule has 1 aromatic carbocycles. The summed E-state index contributed by atoms with van der Waals surface area (Å²) in [5, 5.41) is 2.63. The summed E-state index contributed by atoms with van der Waals surface area (Å²) >= 11 is 5.98. The van der Waals surface area contributed by atoms with Gasteiger partial charge in [-0.1, -0.05) is 11.6 Å². The molecule has 12 heteroatoms. The van der Waals surface area contributed by atoms with E-state index in [9.17, 15) is 22.4 Å². The number of aliphatic imine (C=N–C) groups is 1. The molecule has 1 amide bonds. The molecule has 0 aliphatic heterocycles. The third-order valence-electron chi connectivity index (χ3n) is 3.15. The fourth-order valence-electron chi connectivity index (χ4n) is 1.84. The van der Waals surface area contributed by atoms with Crippen molar-refractivity contribution in [2.75, 3.05) is 11.9 Å². The Morgan fingerprint density at radius 2 is 2.00 bits per heavy atom. The summed E-state index contributed by atoms with van der Waals surface area (Å²) in [5.74, 6) is -0.702. The molecule has 2 aromatic rings. The quantitative estimate of drug-likeness (QED) is 0.402. The molecule has 0 bridgehead atoms. The van der Waals surface area contributed by atoms with Crippen molar-refractivity contribution in [3.8, 4) is 0 Å². The minimum absolute atomic E-state index is 0.119. The minimum atomic E-state index is -2.80. The lowest BCUT2D eigenvalue weighted by Gasteiger charge is -2.08. The Labute approximate surface area is 161 Å². The summed E-state index contributed by atoms with van der Waals surface area (Å²) in [6.45, 7) is -0.325. The highest BCUT2D eigenvalue weighted by Gasteiger charge is 2.13. The van der Waals surface area contributed by atoms with Gasteiger partial charge in [-0.25, -0.2) is 22.5 Å². The summed E-state index contributed by atoms with van der Waals surface area (Å²) in [5.41, 5.74) is 5.13. The number of rotatable bonds is 7. The molecule has 1 aromatic heterocycles. The number of nitrogens with one attached hydrogen (secondary N) is 1. The summed E-state index contributed by atoms with van der Waals surface area (Å²) in [6.07, 6.45) is -4.12. The topological polar surface area (TPSA) is 102 Å². The number of hydrogen-bond donors (Lipinski definition) is 2. The molecule has 0 saturated heterocycles. The zero-order valence-corrected chi connectivity index (χ0v) is 14.8. The van der Waals surface area contributed by atoms with E-state index >= 15 is 0 Å². The number of nitrogens with two attached hydrogens (primary N) is 1. The van der Waals surface area contributed by atoms with Gasteiger partial charge in [-0.3, -0.25) is 9.78 Å². The van der Waals surface area contributed by atoms with Crippen LogP contribution in [-0.4, -0.2) is 34.9 Å². The molecule has 0 aliphatic rings. The van der Waals surface area contributed by atoms with E-state index in [-0.39, 0.29) is 34.7 Å². The van der Waals surface area contributed by atoms with Crippen molar-refractivity contribution in [1.29, 1.82) is 0 Å². The Bertz CT molecular complexity index is 849. The van der Waals surface area contributed by atoms with E-state index in [4.69, 9.17) is 22.1 Å². The van der Waals surface area contributed by atoms with Gasteiger partial charge < -0.3 is 15.8 Å². The monoisotopic (exact) mass is 419 g/mol. The molecule has 3 N–H and O–H groups in total. The van der Waals surface area contributed by atoms with E-state index in [0.29, 0.717) is 0 Å². The second kappa shape index (κ2) is 9.83. The van der Waals surface area contributed by atoms with Crippen molar-refractivity contribution in [2.45, 2.75) is 19.3 Å². The zero-order chi connectivity index (χ0) is 20.7. The van der Waals surface area contributed by atoms with Gasteiger partial charge in [0, 0.05) is 12.1 Å². The van der Waals surface area contributed by atoms with Crippen molar-refractivity contribution >= 4 is 34.9 Å². The van der Waals surface area contributed by atoms with Crippen LogP contribution in [0.2, 0.25) is 5.02 Å². The van der Waals surface area contributed by atoms with Gasteiger partial charge in [0.25, 0.3) is 18.4 Å². The first-order valence-corrected chi connectivity index (χ1v) is 8.10. The number of amidine groups is 1. The van der Waals surface area contributed by atoms with Crippen molar-refractivity contribution in [3.05, 3.63) is 47.0 Å². The van der Waals surface area contributed by atoms with Crippen LogP contribution < -0.4 is 11.1 Å². The summed E-state index contributed by atoms with van der Waals surface area (Å²) in [7, 11) is 0. The SMILES string of the molecule is NC(=Nc1cc(NC(=O)c2cnc(C(F)F)cn2)ccc1Cl)OCCC(F)F. The number of anilines is 1. The molecule has 0 aliphatic carbocycles. The minimum Gasteiger partial charge on any atom is -0.465 e. The maximum Gasteiger partial charge on any atom is 0.287 e. The first-order valence-electron chi connectivity index (χ1n) is 7.72. The normalized spacial score (nSPS) is 11.8. The van der Waals surface area contributed by atoms with Gasteiger partial charge in [0.15, 0.2) is 0 Å². The lowest BCUT2D eigenvalue weighted by molar-refractivity contribution is 0.102. The van der Waals surface area contributed by atoms with Crippen molar-refractivity contribution < 1.29 is 27.1 Å². The van der Waals surface area contributed by atoms with Crippen LogP contribution in [0.25, 0.3) is 0 Å². The van der Waals surface area contributed by atoms with Crippen LogP contribution in [0.4, 0.5) is 28.9 Å². The molecule has 0 atom stereocenters. The molecule has 0 saturated carbocycles. The summed E-state index contributed by atoms with van der Waals surface area (Å²) in [4.78, 5) is 23.1. The fraction of sp³-hybridized carbons (Fsp3) is 0.250. The van der Waals surface area contributed by atoms with Gasteiger partial charge in [0.1, 0.15) is 11.4 Å². The largest absolute Gasteiger partial charge is 0.465 e. The number of amides is 1. The average Bonchev–Trinajstić information content (AvgIpc) is 2.64. The molecule has 7 nitrogen and oxygen atoms in total. The molecule has 0 spiro atoms. The Kier molecular flexibility index (Phi) is 7.50. The third-order valence-corrected chi connectivity index (χ3v) is 3.47. The van der Waals surface area contributed by atoms with E-state index in [1.165, 1.54) is 18.2 Å².